The SMILES string of the molecule is CCCC1(CN)CN(C(=O)C2(C)CC2)CCO1. The number of carbonyl (C=O) groups excluding carboxylic acids is 1. The van der Waals surface area contributed by atoms with E-state index >= 15 is 0 Å². The van der Waals surface area contributed by atoms with Crippen LogP contribution in [0.3, 0.4) is 0 Å². The summed E-state index contributed by atoms with van der Waals surface area (Å²) in [7, 11) is 0. The molecule has 1 amide bonds. The number of hydrogen-bond donors (Lipinski definition) is 1. The van der Waals surface area contributed by atoms with Crippen molar-refractivity contribution in [2.75, 3.05) is 26.2 Å². The predicted octanol–water partition coefficient (Wildman–Crippen LogP) is 1.14. The molecule has 2 aliphatic rings. The molecule has 1 aliphatic heterocycles. The standard InChI is InChI=1S/C13H24N2O2/c1-3-4-13(9-14)10-15(7-8-17-13)11(16)12(2)5-6-12/h3-10,14H2,1-2H3. The third-order valence-corrected chi connectivity index (χ3v) is 4.13. The lowest BCUT2D eigenvalue weighted by atomic mass is 9.94. The van der Waals surface area contributed by atoms with Crippen LogP contribution in [-0.2, 0) is 9.53 Å². The topological polar surface area (TPSA) is 55.6 Å². The van der Waals surface area contributed by atoms with Crippen LogP contribution in [0.5, 0.6) is 0 Å². The van der Waals surface area contributed by atoms with E-state index in [-0.39, 0.29) is 11.0 Å². The molecule has 4 nitrogen and oxygen atoms in total. The van der Waals surface area contributed by atoms with Crippen LogP contribution in [0.25, 0.3) is 0 Å². The Morgan fingerprint density at radius 2 is 2.18 bits per heavy atom. The van der Waals surface area contributed by atoms with Crippen molar-refractivity contribution in [1.82, 2.24) is 4.90 Å². The van der Waals surface area contributed by atoms with Crippen molar-refractivity contribution in [2.45, 2.75) is 45.1 Å². The molecule has 0 radical (unpaired) electrons. The zero-order valence-electron chi connectivity index (χ0n) is 11.0. The fourth-order valence-electron chi connectivity index (χ4n) is 2.63. The molecule has 4 heteroatoms. The van der Waals surface area contributed by atoms with Gasteiger partial charge in [0.05, 0.1) is 18.8 Å². The van der Waals surface area contributed by atoms with E-state index in [1.807, 2.05) is 4.90 Å². The number of carbonyl (C=O) groups is 1. The van der Waals surface area contributed by atoms with E-state index in [0.717, 1.165) is 32.2 Å². The van der Waals surface area contributed by atoms with Crippen molar-refractivity contribution in [3.8, 4) is 0 Å². The quantitative estimate of drug-likeness (QED) is 0.802. The van der Waals surface area contributed by atoms with E-state index in [2.05, 4.69) is 13.8 Å². The summed E-state index contributed by atoms with van der Waals surface area (Å²) in [6.07, 6.45) is 4.04. The highest BCUT2D eigenvalue weighted by Gasteiger charge is 2.49. The van der Waals surface area contributed by atoms with Gasteiger partial charge in [0, 0.05) is 18.5 Å². The summed E-state index contributed by atoms with van der Waals surface area (Å²) < 4.78 is 5.85. The Morgan fingerprint density at radius 1 is 1.47 bits per heavy atom. The van der Waals surface area contributed by atoms with Gasteiger partial charge in [0.25, 0.3) is 0 Å². The number of morpholine rings is 1. The minimum atomic E-state index is -0.298. The Morgan fingerprint density at radius 3 is 2.71 bits per heavy atom. The van der Waals surface area contributed by atoms with Crippen LogP contribution in [0, 0.1) is 5.41 Å². The molecule has 98 valence electrons. The fourth-order valence-corrected chi connectivity index (χ4v) is 2.63. The number of hydrogen-bond acceptors (Lipinski definition) is 3. The Kier molecular flexibility index (Phi) is 3.46. The summed E-state index contributed by atoms with van der Waals surface area (Å²) in [5.74, 6) is 0.301. The van der Waals surface area contributed by atoms with E-state index in [1.54, 1.807) is 0 Å². The van der Waals surface area contributed by atoms with Gasteiger partial charge in [0.1, 0.15) is 0 Å². The number of nitrogens with two attached hydrogens (primary N) is 1. The normalized spacial score (nSPS) is 31.4. The molecule has 1 unspecified atom stereocenters. The molecule has 2 N–H and O–H groups in total. The van der Waals surface area contributed by atoms with Crippen molar-refractivity contribution < 1.29 is 9.53 Å². The van der Waals surface area contributed by atoms with Crippen LogP contribution >= 0.6 is 0 Å². The molecule has 1 atom stereocenters. The smallest absolute Gasteiger partial charge is 0.228 e. The maximum atomic E-state index is 12.3. The number of nitrogens with zero attached hydrogens (tertiary/aromatic N) is 1. The minimum Gasteiger partial charge on any atom is -0.370 e. The van der Waals surface area contributed by atoms with Crippen LogP contribution < -0.4 is 5.73 Å². The molecular weight excluding hydrogens is 216 g/mol. The van der Waals surface area contributed by atoms with E-state index in [4.69, 9.17) is 10.5 Å². The van der Waals surface area contributed by atoms with E-state index < -0.39 is 0 Å². The highest BCUT2D eigenvalue weighted by Crippen LogP contribution is 2.47. The summed E-state index contributed by atoms with van der Waals surface area (Å²) in [4.78, 5) is 14.3. The van der Waals surface area contributed by atoms with Crippen LogP contribution in [0.2, 0.25) is 0 Å². The lowest BCUT2D eigenvalue weighted by Gasteiger charge is -2.43. The summed E-state index contributed by atoms with van der Waals surface area (Å²) >= 11 is 0. The van der Waals surface area contributed by atoms with Crippen molar-refractivity contribution in [3.05, 3.63) is 0 Å². The summed E-state index contributed by atoms with van der Waals surface area (Å²) in [6, 6.07) is 0. The second-order valence-electron chi connectivity index (χ2n) is 5.77. The Balaban J connectivity index is 2.03. The monoisotopic (exact) mass is 240 g/mol. The lowest BCUT2D eigenvalue weighted by molar-refractivity contribution is -0.155. The fraction of sp³-hybridized carbons (Fsp3) is 0.923. The first-order valence-electron chi connectivity index (χ1n) is 6.69. The number of rotatable bonds is 4. The second-order valence-corrected chi connectivity index (χ2v) is 5.77. The summed E-state index contributed by atoms with van der Waals surface area (Å²) in [5.41, 5.74) is 5.47. The first-order chi connectivity index (χ1) is 8.05. The van der Waals surface area contributed by atoms with Gasteiger partial charge in [-0.15, -0.1) is 0 Å². The molecule has 1 saturated heterocycles. The van der Waals surface area contributed by atoms with E-state index in [0.29, 0.717) is 25.6 Å². The van der Waals surface area contributed by atoms with Gasteiger partial charge in [0.15, 0.2) is 0 Å². The van der Waals surface area contributed by atoms with Gasteiger partial charge in [0.2, 0.25) is 5.91 Å². The average molecular weight is 240 g/mol. The highest BCUT2D eigenvalue weighted by molar-refractivity contribution is 5.85. The molecule has 1 heterocycles. The van der Waals surface area contributed by atoms with Crippen LogP contribution in [0.4, 0.5) is 0 Å². The molecule has 1 aliphatic carbocycles. The molecular formula is C13H24N2O2. The van der Waals surface area contributed by atoms with E-state index in [9.17, 15) is 4.79 Å². The molecule has 0 bridgehead atoms. The Hall–Kier alpha value is -0.610. The van der Waals surface area contributed by atoms with Gasteiger partial charge in [-0.3, -0.25) is 4.79 Å². The first kappa shape index (κ1) is 12.8. The molecule has 17 heavy (non-hydrogen) atoms. The first-order valence-corrected chi connectivity index (χ1v) is 6.69. The predicted molar refractivity (Wildman–Crippen MR) is 66.6 cm³/mol. The van der Waals surface area contributed by atoms with Crippen LogP contribution in [0.15, 0.2) is 0 Å². The number of ether oxygens (including phenoxy) is 1. The third-order valence-electron chi connectivity index (χ3n) is 4.13. The molecule has 1 saturated carbocycles. The average Bonchev–Trinajstić information content (AvgIpc) is 3.08. The highest BCUT2D eigenvalue weighted by atomic mass is 16.5. The number of amides is 1. The third kappa shape index (κ3) is 2.47. The largest absolute Gasteiger partial charge is 0.370 e. The second kappa shape index (κ2) is 4.58. The van der Waals surface area contributed by atoms with Gasteiger partial charge in [-0.1, -0.05) is 20.3 Å². The summed E-state index contributed by atoms with van der Waals surface area (Å²) in [5, 5.41) is 0. The van der Waals surface area contributed by atoms with Gasteiger partial charge in [-0.25, -0.2) is 0 Å². The minimum absolute atomic E-state index is 0.0795. The van der Waals surface area contributed by atoms with Crippen LogP contribution in [0.1, 0.15) is 39.5 Å². The van der Waals surface area contributed by atoms with Gasteiger partial charge in [-0.05, 0) is 19.3 Å². The maximum Gasteiger partial charge on any atom is 0.228 e. The Labute approximate surface area is 103 Å². The lowest BCUT2D eigenvalue weighted by Crippen LogP contribution is -2.58. The molecule has 0 aromatic rings. The van der Waals surface area contributed by atoms with Gasteiger partial charge < -0.3 is 15.4 Å². The zero-order valence-corrected chi connectivity index (χ0v) is 11.0. The van der Waals surface area contributed by atoms with Gasteiger partial charge >= 0.3 is 0 Å². The molecule has 0 spiro atoms. The van der Waals surface area contributed by atoms with Crippen molar-refractivity contribution in [3.63, 3.8) is 0 Å². The van der Waals surface area contributed by atoms with Crippen LogP contribution in [-0.4, -0.2) is 42.6 Å². The molecule has 2 fully saturated rings. The molecule has 2 rings (SSSR count). The van der Waals surface area contributed by atoms with Crippen molar-refractivity contribution >= 4 is 5.91 Å². The van der Waals surface area contributed by atoms with Crippen molar-refractivity contribution in [1.29, 1.82) is 0 Å². The molecule has 0 aromatic heterocycles. The zero-order chi connectivity index (χ0) is 12.5. The van der Waals surface area contributed by atoms with E-state index in [1.165, 1.54) is 0 Å². The molecule has 0 aromatic carbocycles. The Bertz CT molecular complexity index is 298. The van der Waals surface area contributed by atoms with Gasteiger partial charge in [-0.2, -0.15) is 0 Å². The van der Waals surface area contributed by atoms with Crippen molar-refractivity contribution in [2.24, 2.45) is 11.1 Å². The maximum absolute atomic E-state index is 12.3. The summed E-state index contributed by atoms with van der Waals surface area (Å²) in [6.45, 7) is 6.71.